The van der Waals surface area contributed by atoms with Crippen molar-refractivity contribution in [3.8, 4) is 0 Å². The van der Waals surface area contributed by atoms with Crippen LogP contribution in [-0.4, -0.2) is 73.4 Å². The number of amides is 1. The highest BCUT2D eigenvalue weighted by atomic mass is 19.3. The minimum absolute atomic E-state index is 0.0831. The molecule has 5 nitrogen and oxygen atoms in total. The topological polar surface area (TPSA) is 42.0 Å². The molecule has 0 aromatic carbocycles. The maximum absolute atomic E-state index is 12.7. The summed E-state index contributed by atoms with van der Waals surface area (Å²) in [6, 6.07) is 0. The molecule has 0 aromatic heterocycles. The van der Waals surface area contributed by atoms with Gasteiger partial charge < -0.3 is 14.4 Å². The predicted molar refractivity (Wildman–Crippen MR) is 66.4 cm³/mol. The number of ether oxygens (including phenoxy) is 2. The Balaban J connectivity index is 1.58. The lowest BCUT2D eigenvalue weighted by molar-refractivity contribution is -0.206. The molecule has 2 aliphatic heterocycles. The Morgan fingerprint density at radius 2 is 1.90 bits per heavy atom. The molecule has 1 aliphatic carbocycles. The second-order valence-electron chi connectivity index (χ2n) is 5.71. The molecule has 0 atom stereocenters. The van der Waals surface area contributed by atoms with E-state index in [2.05, 4.69) is 9.64 Å². The quantitative estimate of drug-likeness (QED) is 0.764. The second-order valence-corrected chi connectivity index (χ2v) is 5.71. The molecule has 0 spiro atoms. The fraction of sp³-hybridized carbons (Fsp3) is 0.923. The first-order valence-electron chi connectivity index (χ1n) is 7.18. The van der Waals surface area contributed by atoms with Crippen molar-refractivity contribution in [2.75, 3.05) is 39.4 Å². The van der Waals surface area contributed by atoms with Gasteiger partial charge in [-0.15, -0.1) is 0 Å². The van der Waals surface area contributed by atoms with Gasteiger partial charge in [0.1, 0.15) is 5.54 Å². The lowest BCUT2D eigenvalue weighted by atomic mass is 9.73. The van der Waals surface area contributed by atoms with Crippen LogP contribution < -0.4 is 0 Å². The molecule has 3 aliphatic rings. The first-order chi connectivity index (χ1) is 9.62. The Labute approximate surface area is 116 Å². The molecule has 1 saturated carbocycles. The van der Waals surface area contributed by atoms with Gasteiger partial charge in [0.2, 0.25) is 5.91 Å². The van der Waals surface area contributed by atoms with Crippen molar-refractivity contribution in [1.29, 1.82) is 0 Å². The first kappa shape index (κ1) is 14.2. The van der Waals surface area contributed by atoms with E-state index in [0.717, 1.165) is 32.4 Å². The standard InChI is InChI=1S/C13H20F2N2O3/c14-12(15)20-10-8-16(9-10)11(18)13(2-1-3-13)17-4-6-19-7-5-17/h10,12H,1-9H2. The number of alkyl halides is 2. The molecule has 0 radical (unpaired) electrons. The Hall–Kier alpha value is -0.790. The van der Waals surface area contributed by atoms with Crippen molar-refractivity contribution in [1.82, 2.24) is 9.80 Å². The molecular formula is C13H20F2N2O3. The van der Waals surface area contributed by atoms with E-state index in [1.54, 1.807) is 4.90 Å². The molecule has 20 heavy (non-hydrogen) atoms. The molecule has 2 saturated heterocycles. The summed E-state index contributed by atoms with van der Waals surface area (Å²) in [5.41, 5.74) is -0.403. The lowest BCUT2D eigenvalue weighted by Crippen LogP contribution is -2.69. The summed E-state index contributed by atoms with van der Waals surface area (Å²) in [5, 5.41) is 0. The number of nitrogens with zero attached hydrogens (tertiary/aromatic N) is 2. The third kappa shape index (κ3) is 2.42. The van der Waals surface area contributed by atoms with Crippen molar-refractivity contribution in [2.45, 2.75) is 37.5 Å². The number of likely N-dealkylation sites (tertiary alicyclic amines) is 1. The molecule has 0 unspecified atom stereocenters. The van der Waals surface area contributed by atoms with Crippen molar-refractivity contribution >= 4 is 5.91 Å². The van der Waals surface area contributed by atoms with Gasteiger partial charge in [0.05, 0.1) is 19.3 Å². The van der Waals surface area contributed by atoms with E-state index in [4.69, 9.17) is 4.74 Å². The van der Waals surface area contributed by atoms with Gasteiger partial charge in [-0.25, -0.2) is 0 Å². The summed E-state index contributed by atoms with van der Waals surface area (Å²) < 4.78 is 33.9. The number of morpholine rings is 1. The maximum atomic E-state index is 12.7. The Bertz CT molecular complexity index is 365. The van der Waals surface area contributed by atoms with Crippen molar-refractivity contribution < 1.29 is 23.0 Å². The van der Waals surface area contributed by atoms with E-state index in [9.17, 15) is 13.6 Å². The third-order valence-electron chi connectivity index (χ3n) is 4.63. The molecule has 7 heteroatoms. The third-order valence-corrected chi connectivity index (χ3v) is 4.63. The second kappa shape index (κ2) is 5.54. The number of carbonyl (C=O) groups is 1. The average molecular weight is 290 g/mol. The molecule has 0 N–H and O–H groups in total. The molecule has 2 heterocycles. The van der Waals surface area contributed by atoms with Crippen molar-refractivity contribution in [3.05, 3.63) is 0 Å². The van der Waals surface area contributed by atoms with E-state index in [1.165, 1.54) is 0 Å². The van der Waals surface area contributed by atoms with Crippen LogP contribution in [0, 0.1) is 0 Å². The summed E-state index contributed by atoms with van der Waals surface area (Å²) in [6.45, 7) is 0.685. The highest BCUT2D eigenvalue weighted by Gasteiger charge is 2.53. The molecule has 0 aromatic rings. The van der Waals surface area contributed by atoms with Crippen LogP contribution >= 0.6 is 0 Å². The molecular weight excluding hydrogens is 270 g/mol. The number of hydrogen-bond donors (Lipinski definition) is 0. The van der Waals surface area contributed by atoms with E-state index >= 15 is 0 Å². The van der Waals surface area contributed by atoms with Crippen molar-refractivity contribution in [3.63, 3.8) is 0 Å². The first-order valence-corrected chi connectivity index (χ1v) is 7.18. The number of hydrogen-bond acceptors (Lipinski definition) is 4. The molecule has 3 fully saturated rings. The van der Waals surface area contributed by atoms with E-state index in [-0.39, 0.29) is 19.0 Å². The number of rotatable bonds is 4. The van der Waals surface area contributed by atoms with Crippen LogP contribution in [0.3, 0.4) is 0 Å². The van der Waals surface area contributed by atoms with Gasteiger partial charge in [-0.05, 0) is 19.3 Å². The van der Waals surface area contributed by atoms with Gasteiger partial charge in [0, 0.05) is 26.2 Å². The normalized spacial score (nSPS) is 27.2. The summed E-state index contributed by atoms with van der Waals surface area (Å²) in [6.07, 6.45) is 2.26. The Morgan fingerprint density at radius 3 is 2.40 bits per heavy atom. The van der Waals surface area contributed by atoms with Crippen LogP contribution in [0.15, 0.2) is 0 Å². The molecule has 3 rings (SSSR count). The SMILES string of the molecule is O=C(N1CC(OC(F)F)C1)C1(N2CCOCC2)CCC1. The van der Waals surface area contributed by atoms with Crippen LogP contribution in [-0.2, 0) is 14.3 Å². The Kier molecular flexibility index (Phi) is 3.92. The zero-order valence-corrected chi connectivity index (χ0v) is 11.4. The smallest absolute Gasteiger partial charge is 0.345 e. The number of halogens is 2. The zero-order chi connectivity index (χ0) is 14.2. The highest BCUT2D eigenvalue weighted by Crippen LogP contribution is 2.40. The van der Waals surface area contributed by atoms with Gasteiger partial charge in [0.15, 0.2) is 0 Å². The van der Waals surface area contributed by atoms with Crippen LogP contribution in [0.2, 0.25) is 0 Å². The summed E-state index contributed by atoms with van der Waals surface area (Å²) in [4.78, 5) is 16.5. The van der Waals surface area contributed by atoms with Gasteiger partial charge in [-0.3, -0.25) is 9.69 Å². The summed E-state index contributed by atoms with van der Waals surface area (Å²) in [7, 11) is 0. The maximum Gasteiger partial charge on any atom is 0.345 e. The monoisotopic (exact) mass is 290 g/mol. The molecule has 114 valence electrons. The van der Waals surface area contributed by atoms with Gasteiger partial charge in [-0.1, -0.05) is 0 Å². The summed E-state index contributed by atoms with van der Waals surface area (Å²) in [5.74, 6) is 0.0831. The van der Waals surface area contributed by atoms with E-state index in [1.807, 2.05) is 0 Å². The zero-order valence-electron chi connectivity index (χ0n) is 11.4. The molecule has 0 bridgehead atoms. The average Bonchev–Trinajstić information content (AvgIpc) is 2.33. The fourth-order valence-corrected chi connectivity index (χ4v) is 3.30. The summed E-state index contributed by atoms with van der Waals surface area (Å²) >= 11 is 0. The Morgan fingerprint density at radius 1 is 1.25 bits per heavy atom. The minimum atomic E-state index is -2.76. The van der Waals surface area contributed by atoms with Crippen LogP contribution in [0.25, 0.3) is 0 Å². The van der Waals surface area contributed by atoms with E-state index < -0.39 is 18.3 Å². The van der Waals surface area contributed by atoms with E-state index in [0.29, 0.717) is 13.2 Å². The lowest BCUT2D eigenvalue weighted by Gasteiger charge is -2.54. The number of carbonyl (C=O) groups excluding carboxylic acids is 1. The van der Waals surface area contributed by atoms with Crippen molar-refractivity contribution in [2.24, 2.45) is 0 Å². The molecule has 1 amide bonds. The largest absolute Gasteiger partial charge is 0.379 e. The van der Waals surface area contributed by atoms with Crippen LogP contribution in [0.5, 0.6) is 0 Å². The van der Waals surface area contributed by atoms with Gasteiger partial charge in [0.25, 0.3) is 0 Å². The van der Waals surface area contributed by atoms with Gasteiger partial charge in [-0.2, -0.15) is 8.78 Å². The van der Waals surface area contributed by atoms with Gasteiger partial charge >= 0.3 is 6.61 Å². The van der Waals surface area contributed by atoms with Crippen LogP contribution in [0.4, 0.5) is 8.78 Å². The minimum Gasteiger partial charge on any atom is -0.379 e. The predicted octanol–water partition coefficient (Wildman–Crippen LogP) is 0.691. The highest BCUT2D eigenvalue weighted by molar-refractivity contribution is 5.88. The van der Waals surface area contributed by atoms with Crippen LogP contribution in [0.1, 0.15) is 19.3 Å². The fourth-order valence-electron chi connectivity index (χ4n) is 3.30.